The number of non-ortho nitro benzene ring substituents is 1. The zero-order valence-electron chi connectivity index (χ0n) is 20.2. The SMILES string of the molecule is C[C@@H](O)[C@H]1C(=O)N2C(C(=O)OCc3ccc([N+](=O)[O-])cc3)=C(SCCc3cccn4cnnc34)[C@H](C)[C@H]12. The van der Waals surface area contributed by atoms with Crippen LogP contribution in [0, 0.1) is 22.0 Å². The third kappa shape index (κ3) is 4.46. The monoisotopic (exact) mass is 523 g/mol. The highest BCUT2D eigenvalue weighted by Gasteiger charge is 2.60. The van der Waals surface area contributed by atoms with Gasteiger partial charge < -0.3 is 14.7 Å². The van der Waals surface area contributed by atoms with Gasteiger partial charge in [0.05, 0.1) is 23.0 Å². The molecule has 1 saturated heterocycles. The van der Waals surface area contributed by atoms with E-state index in [0.717, 1.165) is 16.1 Å². The van der Waals surface area contributed by atoms with Gasteiger partial charge in [0.25, 0.3) is 5.69 Å². The molecule has 0 spiro atoms. The number of hydrogen-bond donors (Lipinski definition) is 1. The molecule has 5 rings (SSSR count). The van der Waals surface area contributed by atoms with Gasteiger partial charge in [-0.05, 0) is 42.7 Å². The highest BCUT2D eigenvalue weighted by molar-refractivity contribution is 8.03. The number of rotatable bonds is 9. The van der Waals surface area contributed by atoms with Crippen LogP contribution in [0.25, 0.3) is 5.65 Å². The topological polar surface area (TPSA) is 140 Å². The minimum Gasteiger partial charge on any atom is -0.456 e. The summed E-state index contributed by atoms with van der Waals surface area (Å²) in [6.07, 6.45) is 3.36. The number of carbonyl (C=O) groups excluding carboxylic acids is 2. The summed E-state index contributed by atoms with van der Waals surface area (Å²) >= 11 is 1.50. The Morgan fingerprint density at radius 3 is 2.76 bits per heavy atom. The van der Waals surface area contributed by atoms with Crippen molar-refractivity contribution < 1.29 is 24.4 Å². The predicted molar refractivity (Wildman–Crippen MR) is 134 cm³/mol. The van der Waals surface area contributed by atoms with E-state index >= 15 is 0 Å². The van der Waals surface area contributed by atoms with Crippen LogP contribution in [0.3, 0.4) is 0 Å². The maximum Gasteiger partial charge on any atom is 0.356 e. The minimum absolute atomic E-state index is 0.0545. The van der Waals surface area contributed by atoms with Gasteiger partial charge in [-0.1, -0.05) is 13.0 Å². The van der Waals surface area contributed by atoms with Gasteiger partial charge in [-0.15, -0.1) is 22.0 Å². The molecule has 0 aliphatic carbocycles. The molecule has 1 amide bonds. The van der Waals surface area contributed by atoms with E-state index in [0.29, 0.717) is 17.7 Å². The van der Waals surface area contributed by atoms with E-state index in [1.807, 2.05) is 29.7 Å². The van der Waals surface area contributed by atoms with Crippen LogP contribution in [0.5, 0.6) is 0 Å². The summed E-state index contributed by atoms with van der Waals surface area (Å²) in [5.74, 6) is -1.01. The summed E-state index contributed by atoms with van der Waals surface area (Å²) in [6, 6.07) is 9.34. The quantitative estimate of drug-likeness (QED) is 0.194. The standard InChI is InChI=1S/C25H25N5O6S/c1-14-20-19(15(2)31)24(32)29(20)21(25(33)36-12-16-5-7-18(8-6-16)30(34)35)22(14)37-11-9-17-4-3-10-28-13-26-27-23(17)28/h3-8,10,13-15,19-20,31H,9,11-12H2,1-2H3/t14-,15-,19-,20-/m1/s1. The molecule has 192 valence electrons. The second kappa shape index (κ2) is 9.94. The average molecular weight is 524 g/mol. The number of thioether (sulfide) groups is 1. The van der Waals surface area contributed by atoms with Crippen molar-refractivity contribution in [2.75, 3.05) is 5.75 Å². The zero-order chi connectivity index (χ0) is 26.3. The number of aryl methyl sites for hydroxylation is 1. The number of esters is 1. The number of nitro benzene ring substituents is 1. The van der Waals surface area contributed by atoms with Crippen LogP contribution in [0.4, 0.5) is 5.69 Å². The third-order valence-corrected chi connectivity index (χ3v) is 8.14. The first-order valence-corrected chi connectivity index (χ1v) is 12.8. The summed E-state index contributed by atoms with van der Waals surface area (Å²) in [5.41, 5.74) is 2.54. The van der Waals surface area contributed by atoms with Gasteiger partial charge in [0.15, 0.2) is 5.65 Å². The van der Waals surface area contributed by atoms with Crippen molar-refractivity contribution in [3.63, 3.8) is 0 Å². The number of nitro groups is 1. The van der Waals surface area contributed by atoms with Gasteiger partial charge in [-0.3, -0.25) is 19.3 Å². The number of aliphatic hydroxyl groups is 1. The molecule has 1 aromatic carbocycles. The van der Waals surface area contributed by atoms with Gasteiger partial charge in [0.2, 0.25) is 5.91 Å². The van der Waals surface area contributed by atoms with Gasteiger partial charge in [0.1, 0.15) is 18.6 Å². The van der Waals surface area contributed by atoms with Gasteiger partial charge in [0, 0.05) is 34.9 Å². The Balaban J connectivity index is 1.34. The largest absolute Gasteiger partial charge is 0.456 e. The molecule has 12 heteroatoms. The number of β-lactam (4-membered cyclic amide) rings is 1. The van der Waals surface area contributed by atoms with Crippen molar-refractivity contribution in [1.29, 1.82) is 0 Å². The molecule has 3 aromatic rings. The fraction of sp³-hybridized carbons (Fsp3) is 0.360. The molecule has 11 nitrogen and oxygen atoms in total. The highest BCUT2D eigenvalue weighted by atomic mass is 32.2. The second-order valence-electron chi connectivity index (χ2n) is 9.16. The Labute approximate surface area is 216 Å². The summed E-state index contributed by atoms with van der Waals surface area (Å²) in [7, 11) is 0. The fourth-order valence-electron chi connectivity index (χ4n) is 5.01. The molecule has 4 heterocycles. The molecule has 0 saturated carbocycles. The molecular formula is C25H25N5O6S. The third-order valence-electron chi connectivity index (χ3n) is 6.85. The lowest BCUT2D eigenvalue weighted by Gasteiger charge is -2.46. The van der Waals surface area contributed by atoms with Crippen molar-refractivity contribution in [2.24, 2.45) is 11.8 Å². The molecule has 2 aromatic heterocycles. The maximum absolute atomic E-state index is 13.3. The van der Waals surface area contributed by atoms with E-state index in [-0.39, 0.29) is 35.9 Å². The lowest BCUT2D eigenvalue weighted by molar-refractivity contribution is -0.384. The minimum atomic E-state index is -0.830. The van der Waals surface area contributed by atoms with Crippen LogP contribution in [0.1, 0.15) is 25.0 Å². The van der Waals surface area contributed by atoms with Crippen LogP contribution in [-0.2, 0) is 27.4 Å². The van der Waals surface area contributed by atoms with Crippen LogP contribution in [0.2, 0.25) is 0 Å². The lowest BCUT2D eigenvalue weighted by Crippen LogP contribution is -2.63. The number of hydrogen-bond acceptors (Lipinski definition) is 9. The molecule has 0 unspecified atom stereocenters. The molecule has 0 radical (unpaired) electrons. The van der Waals surface area contributed by atoms with E-state index in [1.165, 1.54) is 40.9 Å². The first-order valence-electron chi connectivity index (χ1n) is 11.8. The number of fused-ring (bicyclic) bond motifs is 2. The van der Waals surface area contributed by atoms with Crippen molar-refractivity contribution in [1.82, 2.24) is 19.5 Å². The summed E-state index contributed by atoms with van der Waals surface area (Å²) in [5, 5.41) is 29.2. The van der Waals surface area contributed by atoms with Crippen molar-refractivity contribution in [3.05, 3.63) is 80.8 Å². The van der Waals surface area contributed by atoms with Crippen molar-refractivity contribution in [2.45, 2.75) is 39.0 Å². The molecule has 0 bridgehead atoms. The highest BCUT2D eigenvalue weighted by Crippen LogP contribution is 2.50. The van der Waals surface area contributed by atoms with E-state index in [2.05, 4.69) is 10.2 Å². The smallest absolute Gasteiger partial charge is 0.356 e. The zero-order valence-corrected chi connectivity index (χ0v) is 21.0. The van der Waals surface area contributed by atoms with Crippen LogP contribution in [0.15, 0.2) is 59.5 Å². The number of pyridine rings is 1. The van der Waals surface area contributed by atoms with Crippen LogP contribution in [-0.4, -0.2) is 59.3 Å². The summed E-state index contributed by atoms with van der Waals surface area (Å²) in [6.45, 7) is 3.45. The van der Waals surface area contributed by atoms with Gasteiger partial charge >= 0.3 is 5.97 Å². The Hall–Kier alpha value is -3.77. The molecule has 2 aliphatic heterocycles. The number of carbonyl (C=O) groups is 2. The number of nitrogens with zero attached hydrogens (tertiary/aromatic N) is 5. The fourth-order valence-corrected chi connectivity index (χ4v) is 6.27. The normalized spacial score (nSPS) is 21.6. The molecule has 1 fully saturated rings. The average Bonchev–Trinajstić information content (AvgIpc) is 3.44. The molecule has 2 aliphatic rings. The molecule has 1 N–H and O–H groups in total. The first-order chi connectivity index (χ1) is 17.8. The molecular weight excluding hydrogens is 498 g/mol. The van der Waals surface area contributed by atoms with Crippen molar-refractivity contribution >= 4 is 35.0 Å². The van der Waals surface area contributed by atoms with Crippen LogP contribution < -0.4 is 0 Å². The molecule has 37 heavy (non-hydrogen) atoms. The number of ether oxygens (including phenoxy) is 1. The summed E-state index contributed by atoms with van der Waals surface area (Å²) in [4.78, 5) is 38.8. The van der Waals surface area contributed by atoms with E-state index < -0.39 is 22.9 Å². The van der Waals surface area contributed by atoms with Crippen molar-refractivity contribution in [3.8, 4) is 0 Å². The van der Waals surface area contributed by atoms with Gasteiger partial charge in [-0.2, -0.15) is 0 Å². The number of amides is 1. The Bertz CT molecular complexity index is 1400. The van der Waals surface area contributed by atoms with Crippen LogP contribution >= 0.6 is 11.8 Å². The molecule has 4 atom stereocenters. The maximum atomic E-state index is 13.3. The summed E-state index contributed by atoms with van der Waals surface area (Å²) < 4.78 is 7.39. The predicted octanol–water partition coefficient (Wildman–Crippen LogP) is 2.73. The number of aliphatic hydroxyl groups excluding tert-OH is 1. The Morgan fingerprint density at radius 2 is 2.05 bits per heavy atom. The number of benzene rings is 1. The van der Waals surface area contributed by atoms with E-state index in [4.69, 9.17) is 4.74 Å². The van der Waals surface area contributed by atoms with E-state index in [9.17, 15) is 24.8 Å². The first kappa shape index (κ1) is 24.9. The lowest BCUT2D eigenvalue weighted by atomic mass is 9.79. The Kier molecular flexibility index (Phi) is 6.69. The van der Waals surface area contributed by atoms with Gasteiger partial charge in [-0.25, -0.2) is 4.79 Å². The number of aromatic nitrogens is 3. The van der Waals surface area contributed by atoms with E-state index in [1.54, 1.807) is 13.3 Å². The Morgan fingerprint density at radius 1 is 1.30 bits per heavy atom. The second-order valence-corrected chi connectivity index (χ2v) is 10.3.